The van der Waals surface area contributed by atoms with E-state index in [2.05, 4.69) is 18.1 Å². The minimum absolute atomic E-state index is 0.0486. The molecule has 1 aliphatic rings. The average molecular weight is 411 g/mol. The van der Waals surface area contributed by atoms with Crippen molar-refractivity contribution in [3.8, 4) is 0 Å². The third-order valence-corrected chi connectivity index (χ3v) is 6.00. The van der Waals surface area contributed by atoms with Gasteiger partial charge in [0.15, 0.2) is 5.75 Å². The highest BCUT2D eigenvalue weighted by Crippen LogP contribution is 2.24. The van der Waals surface area contributed by atoms with Gasteiger partial charge in [0, 0.05) is 51.5 Å². The number of nitrogens with one attached hydrogen (secondary N) is 1. The first-order chi connectivity index (χ1) is 12.4. The lowest BCUT2D eigenvalue weighted by Gasteiger charge is -2.28. The quantitative estimate of drug-likeness (QED) is 0.632. The van der Waals surface area contributed by atoms with Crippen LogP contribution in [0, 0.1) is 0 Å². The van der Waals surface area contributed by atoms with Crippen LogP contribution < -0.4 is 5.43 Å². The smallest absolute Gasteiger partial charge is 0.370 e. The molecule has 1 rings (SSSR count). The fourth-order valence-electron chi connectivity index (χ4n) is 2.84. The number of halogens is 3. The Kier molecular flexibility index (Phi) is 8.37. The van der Waals surface area contributed by atoms with Crippen LogP contribution in [0.1, 0.15) is 20.3 Å². The maximum absolute atomic E-state index is 12.5. The van der Waals surface area contributed by atoms with Crippen LogP contribution in [0.2, 0.25) is 0 Å². The summed E-state index contributed by atoms with van der Waals surface area (Å²) in [6.45, 7) is 9.22. The van der Waals surface area contributed by atoms with E-state index < -0.39 is 22.0 Å². The topological polar surface area (TPSA) is 55.9 Å². The highest BCUT2D eigenvalue weighted by molar-refractivity contribution is 7.89. The molecule has 0 atom stereocenters. The van der Waals surface area contributed by atoms with Gasteiger partial charge in [-0.15, -0.1) is 0 Å². The lowest BCUT2D eigenvalue weighted by atomic mass is 10.1. The fourth-order valence-corrected chi connectivity index (χ4v) is 3.83. The van der Waals surface area contributed by atoms with Gasteiger partial charge >= 0.3 is 6.18 Å². The molecule has 1 aliphatic heterocycles. The maximum atomic E-state index is 12.5. The first-order valence-corrected chi connectivity index (χ1v) is 10.4. The van der Waals surface area contributed by atoms with Crippen LogP contribution in [0.25, 0.3) is 0 Å². The van der Waals surface area contributed by atoms with Crippen LogP contribution in [0.5, 0.6) is 0 Å². The third kappa shape index (κ3) is 6.86. The summed E-state index contributed by atoms with van der Waals surface area (Å²) in [5, 5.41) is 1.92. The molecular formula is C17H29F3N4O2S. The summed E-state index contributed by atoms with van der Waals surface area (Å²) in [5.41, 5.74) is 6.08. The molecule has 0 aromatic rings. The van der Waals surface area contributed by atoms with Crippen molar-refractivity contribution < 1.29 is 21.6 Å². The minimum Gasteiger partial charge on any atom is -0.370 e. The summed E-state index contributed by atoms with van der Waals surface area (Å²) in [6, 6.07) is 0. The van der Waals surface area contributed by atoms with Crippen molar-refractivity contribution in [1.82, 2.24) is 19.6 Å². The molecule has 1 saturated heterocycles. The summed E-state index contributed by atoms with van der Waals surface area (Å²) in [6.07, 6.45) is -0.163. The molecule has 0 aromatic heterocycles. The van der Waals surface area contributed by atoms with E-state index in [1.54, 1.807) is 6.08 Å². The Bertz CT molecular complexity index is 687. The Morgan fingerprint density at radius 1 is 1.33 bits per heavy atom. The standard InChI is InChI=1S/C17H29F3N4O2S/c1-6-9-15-14(12-22(4)21-15)16(7-2)24(8-3)11-10-23(5)27(25,26)13-17(18,19)20/h7,9,21H,2,6,8,10-13H2,1,3-5H3/b15-9+,16-14+. The number of nitrogens with zero attached hydrogens (tertiary/aromatic N) is 3. The van der Waals surface area contributed by atoms with E-state index in [0.717, 1.165) is 27.7 Å². The van der Waals surface area contributed by atoms with Crippen molar-refractivity contribution >= 4 is 10.0 Å². The van der Waals surface area contributed by atoms with Crippen molar-refractivity contribution in [3.63, 3.8) is 0 Å². The van der Waals surface area contributed by atoms with E-state index in [1.165, 1.54) is 7.05 Å². The van der Waals surface area contributed by atoms with Crippen molar-refractivity contribution in [3.05, 3.63) is 35.7 Å². The molecule has 10 heteroatoms. The van der Waals surface area contributed by atoms with E-state index in [-0.39, 0.29) is 13.1 Å². The molecule has 1 heterocycles. The molecule has 156 valence electrons. The molecule has 27 heavy (non-hydrogen) atoms. The fraction of sp³-hybridized carbons (Fsp3) is 0.647. The van der Waals surface area contributed by atoms with E-state index in [1.807, 2.05) is 30.8 Å². The van der Waals surface area contributed by atoms with Crippen molar-refractivity contribution in [2.75, 3.05) is 46.0 Å². The molecule has 1 N–H and O–H groups in total. The number of hydrogen-bond acceptors (Lipinski definition) is 5. The molecule has 0 spiro atoms. The molecule has 0 aliphatic carbocycles. The van der Waals surface area contributed by atoms with E-state index in [9.17, 15) is 21.6 Å². The Morgan fingerprint density at radius 3 is 2.44 bits per heavy atom. The molecule has 0 radical (unpaired) electrons. The van der Waals surface area contributed by atoms with E-state index in [4.69, 9.17) is 0 Å². The highest BCUT2D eigenvalue weighted by atomic mass is 32.2. The number of hydrogen-bond donors (Lipinski definition) is 1. The number of rotatable bonds is 9. The second kappa shape index (κ2) is 9.61. The molecule has 6 nitrogen and oxygen atoms in total. The van der Waals surface area contributed by atoms with E-state index >= 15 is 0 Å². The van der Waals surface area contributed by atoms with Crippen LogP contribution in [0.3, 0.4) is 0 Å². The number of hydrazine groups is 1. The monoisotopic (exact) mass is 410 g/mol. The van der Waals surface area contributed by atoms with Gasteiger partial charge in [-0.1, -0.05) is 19.6 Å². The normalized spacial score (nSPS) is 19.5. The van der Waals surface area contributed by atoms with Gasteiger partial charge in [-0.3, -0.25) is 0 Å². The summed E-state index contributed by atoms with van der Waals surface area (Å²) in [5.74, 6) is -1.85. The molecule has 0 saturated carbocycles. The number of likely N-dealkylation sites (N-methyl/N-ethyl adjacent to an activating group) is 3. The lowest BCUT2D eigenvalue weighted by molar-refractivity contribution is -0.106. The Morgan fingerprint density at radius 2 is 1.96 bits per heavy atom. The SMILES string of the molecule is C=C/C(=C1/CN(C)N/C1=C/CC)N(CC)CCN(C)S(=O)(=O)CC(F)(F)F. The van der Waals surface area contributed by atoms with Gasteiger partial charge in [-0.25, -0.2) is 17.7 Å². The van der Waals surface area contributed by atoms with Crippen LogP contribution in [0.4, 0.5) is 13.2 Å². The van der Waals surface area contributed by atoms with Gasteiger partial charge in [0.2, 0.25) is 10.0 Å². The van der Waals surface area contributed by atoms with Crippen LogP contribution in [-0.4, -0.2) is 74.8 Å². The van der Waals surface area contributed by atoms with Crippen molar-refractivity contribution in [2.24, 2.45) is 0 Å². The van der Waals surface area contributed by atoms with Gasteiger partial charge in [0.05, 0.1) is 5.70 Å². The maximum Gasteiger partial charge on any atom is 0.404 e. The first kappa shape index (κ1) is 23.5. The summed E-state index contributed by atoms with van der Waals surface area (Å²) >= 11 is 0. The Labute approximate surface area is 160 Å². The molecule has 1 fully saturated rings. The summed E-state index contributed by atoms with van der Waals surface area (Å²) < 4.78 is 61.8. The molecule has 0 bridgehead atoms. The minimum atomic E-state index is -4.76. The zero-order valence-electron chi connectivity index (χ0n) is 16.3. The predicted octanol–water partition coefficient (Wildman–Crippen LogP) is 2.32. The largest absolute Gasteiger partial charge is 0.404 e. The molecule has 0 aromatic carbocycles. The van der Waals surface area contributed by atoms with Crippen molar-refractivity contribution in [2.45, 2.75) is 26.4 Å². The Balaban J connectivity index is 2.98. The van der Waals surface area contributed by atoms with Gasteiger partial charge in [0.1, 0.15) is 0 Å². The van der Waals surface area contributed by atoms with Crippen LogP contribution in [-0.2, 0) is 10.0 Å². The zero-order chi connectivity index (χ0) is 20.8. The zero-order valence-corrected chi connectivity index (χ0v) is 17.1. The summed E-state index contributed by atoms with van der Waals surface area (Å²) in [4.78, 5) is 1.92. The second-order valence-corrected chi connectivity index (χ2v) is 8.41. The molecule has 0 amide bonds. The van der Waals surface area contributed by atoms with E-state index in [0.29, 0.717) is 13.1 Å². The molecular weight excluding hydrogens is 381 g/mol. The van der Waals surface area contributed by atoms with Gasteiger partial charge in [0.25, 0.3) is 0 Å². The van der Waals surface area contributed by atoms with Gasteiger partial charge in [-0.2, -0.15) is 13.2 Å². The number of allylic oxidation sites excluding steroid dienone is 2. The number of sulfonamides is 1. The highest BCUT2D eigenvalue weighted by Gasteiger charge is 2.37. The average Bonchev–Trinajstić information content (AvgIpc) is 2.89. The molecule has 0 unspecified atom stereocenters. The van der Waals surface area contributed by atoms with Crippen molar-refractivity contribution in [1.29, 1.82) is 0 Å². The predicted molar refractivity (Wildman–Crippen MR) is 101 cm³/mol. The number of alkyl halides is 3. The second-order valence-electron chi connectivity index (χ2n) is 6.33. The first-order valence-electron chi connectivity index (χ1n) is 8.74. The third-order valence-electron chi connectivity index (χ3n) is 4.17. The summed E-state index contributed by atoms with van der Waals surface area (Å²) in [7, 11) is -1.32. The van der Waals surface area contributed by atoms with Gasteiger partial charge < -0.3 is 10.3 Å². The van der Waals surface area contributed by atoms with Crippen LogP contribution >= 0.6 is 0 Å². The lowest BCUT2D eigenvalue weighted by Crippen LogP contribution is -2.40. The Hall–Kier alpha value is -1.52. The van der Waals surface area contributed by atoms with Crippen LogP contribution in [0.15, 0.2) is 35.7 Å². The van der Waals surface area contributed by atoms with Gasteiger partial charge in [-0.05, 0) is 19.4 Å².